The fourth-order valence-electron chi connectivity index (χ4n) is 3.02. The second-order valence-corrected chi connectivity index (χ2v) is 7.73. The first-order chi connectivity index (χ1) is 18.8. The van der Waals surface area contributed by atoms with Gasteiger partial charge in [0.2, 0.25) is 0 Å². The summed E-state index contributed by atoms with van der Waals surface area (Å²) in [5.41, 5.74) is 1.38. The van der Waals surface area contributed by atoms with Crippen molar-refractivity contribution < 1.29 is 50.1 Å². The lowest BCUT2D eigenvalue weighted by Gasteiger charge is -2.11. The summed E-state index contributed by atoms with van der Waals surface area (Å²) in [5.74, 6) is -2.90. The Bertz CT molecular complexity index is 1500. The summed E-state index contributed by atoms with van der Waals surface area (Å²) < 4.78 is 86.7. The molecular weight excluding hydrogens is 552 g/mol. The molecule has 0 aliphatic heterocycles. The summed E-state index contributed by atoms with van der Waals surface area (Å²) in [6.45, 7) is 0.441. The lowest BCUT2D eigenvalue weighted by Crippen LogP contribution is -2.21. The highest BCUT2D eigenvalue weighted by Gasteiger charge is 2.38. The number of carboxylic acids is 1. The number of nitrogens with one attached hydrogen (secondary N) is 1. The second-order valence-electron chi connectivity index (χ2n) is 7.73. The Kier molecular flexibility index (Phi) is 9.08. The van der Waals surface area contributed by atoms with Gasteiger partial charge in [0, 0.05) is 12.2 Å². The first-order valence-corrected chi connectivity index (χ1v) is 11.0. The van der Waals surface area contributed by atoms with Gasteiger partial charge in [-0.1, -0.05) is 23.3 Å². The quantitative estimate of drug-likeness (QED) is 0.264. The van der Waals surface area contributed by atoms with Gasteiger partial charge in [-0.3, -0.25) is 0 Å². The van der Waals surface area contributed by atoms with Gasteiger partial charge in [-0.2, -0.15) is 31.0 Å². The van der Waals surface area contributed by atoms with Gasteiger partial charge < -0.3 is 24.3 Å². The van der Waals surface area contributed by atoms with E-state index in [1.807, 2.05) is 6.07 Å². The fourth-order valence-corrected chi connectivity index (χ4v) is 3.02. The van der Waals surface area contributed by atoms with Crippen LogP contribution in [0.4, 0.5) is 32.0 Å². The van der Waals surface area contributed by atoms with Crippen molar-refractivity contribution in [1.82, 2.24) is 9.78 Å². The molecule has 40 heavy (non-hydrogen) atoms. The van der Waals surface area contributed by atoms with Gasteiger partial charge >= 0.3 is 30.2 Å². The van der Waals surface area contributed by atoms with Gasteiger partial charge in [0.25, 0.3) is 0 Å². The number of methoxy groups -OCH3 is 1. The summed E-state index contributed by atoms with van der Waals surface area (Å²) >= 11 is 0. The molecular formula is C25H19F6N3O6. The van der Waals surface area contributed by atoms with Crippen molar-refractivity contribution in [2.75, 3.05) is 12.4 Å². The normalized spacial score (nSPS) is 11.3. The van der Waals surface area contributed by atoms with Crippen LogP contribution in [-0.4, -0.2) is 34.1 Å². The largest absolute Gasteiger partial charge is 0.490 e. The molecule has 212 valence electrons. The van der Waals surface area contributed by atoms with E-state index in [9.17, 15) is 31.1 Å². The molecule has 9 nitrogen and oxygen atoms in total. The lowest BCUT2D eigenvalue weighted by molar-refractivity contribution is -0.192. The van der Waals surface area contributed by atoms with Crippen molar-refractivity contribution in [2.24, 2.45) is 0 Å². The van der Waals surface area contributed by atoms with Gasteiger partial charge in [0.1, 0.15) is 11.5 Å². The summed E-state index contributed by atoms with van der Waals surface area (Å²) in [6.07, 6.45) is -9.65. The van der Waals surface area contributed by atoms with Crippen LogP contribution in [0.15, 0.2) is 82.0 Å². The lowest BCUT2D eigenvalue weighted by atomic mass is 10.2. The molecule has 2 N–H and O–H groups in total. The number of hydrogen-bond donors (Lipinski definition) is 2. The van der Waals surface area contributed by atoms with Crippen LogP contribution in [0, 0.1) is 0 Å². The molecule has 0 unspecified atom stereocenters. The number of aromatic nitrogens is 2. The van der Waals surface area contributed by atoms with Gasteiger partial charge in [0.15, 0.2) is 0 Å². The molecule has 0 aliphatic carbocycles. The van der Waals surface area contributed by atoms with Crippen LogP contribution < -0.4 is 20.5 Å². The molecule has 15 heteroatoms. The van der Waals surface area contributed by atoms with E-state index in [-0.39, 0.29) is 11.8 Å². The number of carbonyl (C=O) groups is 1. The Hall–Kier alpha value is -4.95. The highest BCUT2D eigenvalue weighted by Crippen LogP contribution is 2.33. The van der Waals surface area contributed by atoms with Crippen molar-refractivity contribution in [1.29, 1.82) is 0 Å². The number of nitrogens with zero attached hydrogens (tertiary/aromatic N) is 2. The molecule has 0 aliphatic rings. The van der Waals surface area contributed by atoms with Crippen LogP contribution in [0.3, 0.4) is 0 Å². The zero-order chi connectivity index (χ0) is 29.5. The fraction of sp³-hybridized carbons (Fsp3) is 0.160. The third kappa shape index (κ3) is 8.28. The minimum absolute atomic E-state index is 0.102. The number of anilines is 1. The summed E-state index contributed by atoms with van der Waals surface area (Å²) in [5, 5.41) is 14.3. The SMILES string of the molecule is COc1nn(-c2ccc(NCc3cccc(Oc4cccc(C(F)(F)F)c4)c3)cc2)c(=O)o1.O=C(O)C(F)(F)F. The molecule has 0 amide bonds. The first-order valence-electron chi connectivity index (χ1n) is 11.0. The molecule has 0 spiro atoms. The maximum atomic E-state index is 12.9. The first kappa shape index (κ1) is 29.6. The van der Waals surface area contributed by atoms with Crippen LogP contribution in [0.2, 0.25) is 0 Å². The van der Waals surface area contributed by atoms with Crippen LogP contribution in [-0.2, 0) is 17.5 Å². The number of hydrogen-bond acceptors (Lipinski definition) is 7. The summed E-state index contributed by atoms with van der Waals surface area (Å²) in [7, 11) is 1.35. The van der Waals surface area contributed by atoms with Crippen LogP contribution in [0.25, 0.3) is 5.69 Å². The third-order valence-corrected chi connectivity index (χ3v) is 4.85. The van der Waals surface area contributed by atoms with Gasteiger partial charge in [-0.15, -0.1) is 0 Å². The minimum atomic E-state index is -5.08. The highest BCUT2D eigenvalue weighted by atomic mass is 19.4. The Balaban J connectivity index is 0.000000559. The topological polar surface area (TPSA) is 116 Å². The molecule has 0 saturated heterocycles. The number of aliphatic carboxylic acids is 1. The third-order valence-electron chi connectivity index (χ3n) is 4.85. The van der Waals surface area contributed by atoms with E-state index < -0.39 is 29.6 Å². The van der Waals surface area contributed by atoms with E-state index in [0.29, 0.717) is 18.0 Å². The Morgan fingerprint density at radius 3 is 2.12 bits per heavy atom. The average molecular weight is 571 g/mol. The zero-order valence-electron chi connectivity index (χ0n) is 20.3. The summed E-state index contributed by atoms with van der Waals surface area (Å²) in [4.78, 5) is 20.7. The predicted octanol–water partition coefficient (Wildman–Crippen LogP) is 5.89. The molecule has 4 rings (SSSR count). The number of benzene rings is 3. The minimum Gasteiger partial charge on any atom is -0.475 e. The smallest absolute Gasteiger partial charge is 0.475 e. The number of ether oxygens (including phenoxy) is 2. The molecule has 3 aromatic carbocycles. The standard InChI is InChI=1S/C23H18F3N3O4.C2HF3O2/c1-31-21-28-29(22(30)33-21)18-10-8-17(9-11-18)27-14-15-4-2-6-19(12-15)32-20-7-3-5-16(13-20)23(24,25)26;3-2(4,5)1(6)7/h2-13,27H,14H2,1H3;(H,6,7). The number of rotatable bonds is 7. The van der Waals surface area contributed by atoms with Crippen LogP contribution >= 0.6 is 0 Å². The molecule has 0 saturated carbocycles. The van der Waals surface area contributed by atoms with E-state index in [1.54, 1.807) is 42.5 Å². The molecule has 0 radical (unpaired) electrons. The van der Waals surface area contributed by atoms with Gasteiger partial charge in [-0.25, -0.2) is 9.59 Å². The molecule has 0 bridgehead atoms. The van der Waals surface area contributed by atoms with E-state index in [2.05, 4.69) is 10.4 Å². The van der Waals surface area contributed by atoms with E-state index in [1.165, 1.54) is 19.2 Å². The maximum absolute atomic E-state index is 12.9. The van der Waals surface area contributed by atoms with Gasteiger partial charge in [-0.05, 0) is 60.2 Å². The summed E-state index contributed by atoms with van der Waals surface area (Å²) in [6, 6.07) is 18.7. The second kappa shape index (κ2) is 12.3. The van der Waals surface area contributed by atoms with E-state index >= 15 is 0 Å². The zero-order valence-corrected chi connectivity index (χ0v) is 20.3. The van der Waals surface area contributed by atoms with Crippen molar-refractivity contribution in [3.8, 4) is 23.3 Å². The maximum Gasteiger partial charge on any atom is 0.490 e. The average Bonchev–Trinajstić information content (AvgIpc) is 3.28. The number of alkyl halides is 6. The van der Waals surface area contributed by atoms with E-state index in [0.717, 1.165) is 28.1 Å². The van der Waals surface area contributed by atoms with Crippen LogP contribution in [0.1, 0.15) is 11.1 Å². The van der Waals surface area contributed by atoms with Crippen molar-refractivity contribution in [2.45, 2.75) is 18.9 Å². The van der Waals surface area contributed by atoms with Crippen molar-refractivity contribution in [3.63, 3.8) is 0 Å². The van der Waals surface area contributed by atoms with Crippen molar-refractivity contribution in [3.05, 3.63) is 94.5 Å². The van der Waals surface area contributed by atoms with Gasteiger partial charge in [0.05, 0.1) is 18.4 Å². The molecule has 0 fully saturated rings. The van der Waals surface area contributed by atoms with Crippen LogP contribution in [0.5, 0.6) is 17.6 Å². The Morgan fingerprint density at radius 2 is 1.57 bits per heavy atom. The molecule has 0 atom stereocenters. The molecule has 1 heterocycles. The van der Waals surface area contributed by atoms with Crippen molar-refractivity contribution >= 4 is 11.7 Å². The van der Waals surface area contributed by atoms with E-state index in [4.69, 9.17) is 23.8 Å². The number of carboxylic acid groups (broad SMARTS) is 1. The Labute approximate surface area is 221 Å². The monoisotopic (exact) mass is 571 g/mol. The highest BCUT2D eigenvalue weighted by molar-refractivity contribution is 5.73. The number of halogens is 6. The Morgan fingerprint density at radius 1 is 0.975 bits per heavy atom. The predicted molar refractivity (Wildman–Crippen MR) is 128 cm³/mol. The molecule has 1 aromatic heterocycles. The molecule has 4 aromatic rings.